The van der Waals surface area contributed by atoms with E-state index in [1.165, 1.54) is 52.3 Å². The summed E-state index contributed by atoms with van der Waals surface area (Å²) in [5.74, 6) is 0. The maximum atomic E-state index is 4.83. The van der Waals surface area contributed by atoms with Crippen molar-refractivity contribution in [2.45, 2.75) is 41.0 Å². The van der Waals surface area contributed by atoms with Gasteiger partial charge in [0.1, 0.15) is 0 Å². The van der Waals surface area contributed by atoms with Crippen LogP contribution in [0, 0.1) is 19.3 Å². The molecule has 0 saturated heterocycles. The van der Waals surface area contributed by atoms with Gasteiger partial charge in [-0.15, -0.1) is 0 Å². The summed E-state index contributed by atoms with van der Waals surface area (Å²) in [5.41, 5.74) is 6.72. The van der Waals surface area contributed by atoms with Gasteiger partial charge in [0.2, 0.25) is 0 Å². The van der Waals surface area contributed by atoms with Gasteiger partial charge in [0, 0.05) is 0 Å². The number of pyridine rings is 1. The number of hydrogen-bond acceptors (Lipinski definition) is 1. The Bertz CT molecular complexity index is 1400. The molecule has 0 bridgehead atoms. The fraction of sp³-hybridized carbons (Fsp3) is 0.250. The molecule has 3 aromatic carbocycles. The van der Waals surface area contributed by atoms with Gasteiger partial charge in [-0.05, 0) is 0 Å². The van der Waals surface area contributed by atoms with E-state index in [1.807, 2.05) is 6.20 Å². The van der Waals surface area contributed by atoms with E-state index in [9.17, 15) is 0 Å². The van der Waals surface area contributed by atoms with Crippen LogP contribution in [0.15, 0.2) is 60.8 Å². The number of benzene rings is 3. The Hall–Kier alpha value is -2.41. The van der Waals surface area contributed by atoms with Crippen molar-refractivity contribution in [2.24, 2.45) is 5.41 Å². The standard InChI is InChI=1S/C28H27NSe/c1-17-10-18(2)12-22(11-17)26-27-23(8-9-29-26)24-14-21-13-19(16-28(3,4)5)6-7-20(21)15-25(24)30-27/h6-15H,16H2,1-5H3. The number of hydrogen-bond donors (Lipinski definition) is 0. The third kappa shape index (κ3) is 3.60. The Morgan fingerprint density at radius 2 is 1.57 bits per heavy atom. The van der Waals surface area contributed by atoms with Gasteiger partial charge >= 0.3 is 185 Å². The van der Waals surface area contributed by atoms with Gasteiger partial charge in [0.25, 0.3) is 0 Å². The maximum absolute atomic E-state index is 4.83. The zero-order valence-electron chi connectivity index (χ0n) is 18.3. The first kappa shape index (κ1) is 19.5. The van der Waals surface area contributed by atoms with Gasteiger partial charge in [-0.1, -0.05) is 0 Å². The molecule has 0 atom stereocenters. The zero-order valence-corrected chi connectivity index (χ0v) is 20.0. The minimum absolute atomic E-state index is 0.282. The van der Waals surface area contributed by atoms with E-state index in [1.54, 1.807) is 0 Å². The predicted octanol–water partition coefficient (Wildman–Crippen LogP) is 7.47. The van der Waals surface area contributed by atoms with Crippen LogP contribution in [-0.2, 0) is 6.42 Å². The molecule has 0 aliphatic carbocycles. The van der Waals surface area contributed by atoms with Crippen LogP contribution >= 0.6 is 0 Å². The number of aryl methyl sites for hydroxylation is 2. The minimum atomic E-state index is 0.282. The molecule has 0 amide bonds. The van der Waals surface area contributed by atoms with Crippen LogP contribution in [0.5, 0.6) is 0 Å². The zero-order chi connectivity index (χ0) is 21.0. The van der Waals surface area contributed by atoms with Crippen molar-refractivity contribution >= 4 is 44.6 Å². The van der Waals surface area contributed by atoms with Gasteiger partial charge in [-0.2, -0.15) is 0 Å². The molecule has 0 fully saturated rings. The quantitative estimate of drug-likeness (QED) is 0.251. The monoisotopic (exact) mass is 457 g/mol. The van der Waals surface area contributed by atoms with Gasteiger partial charge in [0.15, 0.2) is 0 Å². The third-order valence-corrected chi connectivity index (χ3v) is 8.10. The summed E-state index contributed by atoms with van der Waals surface area (Å²) >= 11 is 0.282. The Morgan fingerprint density at radius 1 is 0.800 bits per heavy atom. The van der Waals surface area contributed by atoms with Crippen molar-refractivity contribution in [3.05, 3.63) is 77.5 Å². The van der Waals surface area contributed by atoms with E-state index in [4.69, 9.17) is 4.98 Å². The molecule has 2 heterocycles. The average molecular weight is 456 g/mol. The molecule has 5 rings (SSSR count). The first-order valence-corrected chi connectivity index (χ1v) is 12.3. The second kappa shape index (κ2) is 7.08. The predicted molar refractivity (Wildman–Crippen MR) is 132 cm³/mol. The SMILES string of the molecule is Cc1cc(C)cc(-c2nccc3c2[se]c2cc4ccc(CC(C)(C)C)cc4cc23)c1. The first-order valence-electron chi connectivity index (χ1n) is 10.6. The number of nitrogens with zero attached hydrogens (tertiary/aromatic N) is 1. The summed E-state index contributed by atoms with van der Waals surface area (Å²) in [6, 6.07) is 20.8. The normalized spacial score (nSPS) is 12.3. The molecular weight excluding hydrogens is 429 g/mol. The van der Waals surface area contributed by atoms with Crippen LogP contribution in [0.3, 0.4) is 0 Å². The van der Waals surface area contributed by atoms with E-state index in [0.29, 0.717) is 5.41 Å². The van der Waals surface area contributed by atoms with Crippen LogP contribution in [0.1, 0.15) is 37.5 Å². The molecule has 150 valence electrons. The molecule has 30 heavy (non-hydrogen) atoms. The van der Waals surface area contributed by atoms with Crippen LogP contribution in [0.25, 0.3) is 41.3 Å². The summed E-state index contributed by atoms with van der Waals surface area (Å²) < 4.78 is 2.91. The van der Waals surface area contributed by atoms with Crippen LogP contribution in [0.4, 0.5) is 0 Å². The number of rotatable bonds is 2. The van der Waals surface area contributed by atoms with Gasteiger partial charge in [0.05, 0.1) is 0 Å². The molecule has 0 aliphatic rings. The molecule has 0 radical (unpaired) electrons. The Kier molecular flexibility index (Phi) is 4.61. The van der Waals surface area contributed by atoms with E-state index in [2.05, 4.69) is 89.2 Å². The molecule has 0 N–H and O–H groups in total. The van der Waals surface area contributed by atoms with Crippen LogP contribution in [0.2, 0.25) is 0 Å². The first-order chi connectivity index (χ1) is 14.3. The second-order valence-corrected chi connectivity index (χ2v) is 12.0. The topological polar surface area (TPSA) is 12.9 Å². The summed E-state index contributed by atoms with van der Waals surface area (Å²) in [6.07, 6.45) is 3.08. The average Bonchev–Trinajstić information content (AvgIpc) is 3.01. The molecular formula is C28H27NSe. The van der Waals surface area contributed by atoms with Crippen LogP contribution in [-0.4, -0.2) is 19.5 Å². The fourth-order valence-electron chi connectivity index (χ4n) is 4.53. The molecule has 1 nitrogen and oxygen atoms in total. The Balaban J connectivity index is 1.73. The summed E-state index contributed by atoms with van der Waals surface area (Å²) in [7, 11) is 0. The Labute approximate surface area is 184 Å². The van der Waals surface area contributed by atoms with Crippen molar-refractivity contribution in [1.29, 1.82) is 0 Å². The molecule has 5 aromatic rings. The molecule has 0 aliphatic heterocycles. The van der Waals surface area contributed by atoms with Gasteiger partial charge in [-0.3, -0.25) is 0 Å². The van der Waals surface area contributed by atoms with E-state index >= 15 is 0 Å². The summed E-state index contributed by atoms with van der Waals surface area (Å²) in [6.45, 7) is 11.3. The van der Waals surface area contributed by atoms with E-state index in [-0.39, 0.29) is 14.5 Å². The van der Waals surface area contributed by atoms with Crippen molar-refractivity contribution < 1.29 is 0 Å². The molecule has 2 aromatic heterocycles. The van der Waals surface area contributed by atoms with Crippen molar-refractivity contribution in [2.75, 3.05) is 0 Å². The molecule has 0 saturated carbocycles. The fourth-order valence-corrected chi connectivity index (χ4v) is 7.14. The number of fused-ring (bicyclic) bond motifs is 4. The van der Waals surface area contributed by atoms with E-state index < -0.39 is 0 Å². The van der Waals surface area contributed by atoms with Crippen molar-refractivity contribution in [3.8, 4) is 11.3 Å². The third-order valence-electron chi connectivity index (χ3n) is 5.64. The number of aromatic nitrogens is 1. The summed E-state index contributed by atoms with van der Waals surface area (Å²) in [5, 5.41) is 5.47. The second-order valence-electron chi connectivity index (χ2n) is 9.78. The van der Waals surface area contributed by atoms with Gasteiger partial charge in [-0.25, -0.2) is 0 Å². The van der Waals surface area contributed by atoms with E-state index in [0.717, 1.165) is 12.1 Å². The van der Waals surface area contributed by atoms with Crippen LogP contribution < -0.4 is 0 Å². The molecule has 0 spiro atoms. The summed E-state index contributed by atoms with van der Waals surface area (Å²) in [4.78, 5) is 4.83. The molecule has 0 unspecified atom stereocenters. The molecule has 2 heteroatoms. The van der Waals surface area contributed by atoms with Crippen molar-refractivity contribution in [1.82, 2.24) is 4.98 Å². The van der Waals surface area contributed by atoms with Crippen molar-refractivity contribution in [3.63, 3.8) is 0 Å². The van der Waals surface area contributed by atoms with Gasteiger partial charge < -0.3 is 0 Å². The Morgan fingerprint density at radius 3 is 2.30 bits per heavy atom.